The SMILES string of the molecule is CCNC(=NCc1ccccc1CN1CCCCC1)NCC1CC(=O)Nc2ccccc21.I. The zero-order valence-electron chi connectivity index (χ0n) is 19.5. The highest BCUT2D eigenvalue weighted by atomic mass is 127. The van der Waals surface area contributed by atoms with E-state index in [2.05, 4.69) is 58.1 Å². The van der Waals surface area contributed by atoms with Crippen molar-refractivity contribution in [1.29, 1.82) is 0 Å². The minimum Gasteiger partial charge on any atom is -0.357 e. The second-order valence-electron chi connectivity index (χ2n) is 8.72. The van der Waals surface area contributed by atoms with Crippen LogP contribution in [0.5, 0.6) is 0 Å². The number of guanidine groups is 1. The summed E-state index contributed by atoms with van der Waals surface area (Å²) in [5, 5.41) is 9.80. The third-order valence-corrected chi connectivity index (χ3v) is 6.34. The van der Waals surface area contributed by atoms with Gasteiger partial charge in [-0.05, 0) is 55.6 Å². The molecule has 0 spiro atoms. The Bertz CT molecular complexity index is 942. The predicted octanol–water partition coefficient (Wildman–Crippen LogP) is 4.47. The van der Waals surface area contributed by atoms with Gasteiger partial charge in [0.1, 0.15) is 0 Å². The molecule has 178 valence electrons. The third-order valence-electron chi connectivity index (χ3n) is 6.34. The molecule has 1 saturated heterocycles. The summed E-state index contributed by atoms with van der Waals surface area (Å²) in [5.74, 6) is 1.00. The number of piperidine rings is 1. The topological polar surface area (TPSA) is 68.8 Å². The Morgan fingerprint density at radius 1 is 1.03 bits per heavy atom. The molecular formula is C26H36IN5O. The zero-order chi connectivity index (χ0) is 22.2. The van der Waals surface area contributed by atoms with Crippen molar-refractivity contribution in [2.75, 3.05) is 31.5 Å². The van der Waals surface area contributed by atoms with Gasteiger partial charge in [-0.2, -0.15) is 0 Å². The summed E-state index contributed by atoms with van der Waals surface area (Å²) < 4.78 is 0. The number of carbonyl (C=O) groups excluding carboxylic acids is 1. The van der Waals surface area contributed by atoms with E-state index in [-0.39, 0.29) is 35.8 Å². The Balaban J connectivity index is 0.00000306. The molecule has 2 aromatic carbocycles. The fourth-order valence-corrected chi connectivity index (χ4v) is 4.63. The number of aliphatic imine (C=N–C) groups is 1. The van der Waals surface area contributed by atoms with Crippen LogP contribution in [0, 0.1) is 0 Å². The fourth-order valence-electron chi connectivity index (χ4n) is 4.63. The molecule has 1 amide bonds. The van der Waals surface area contributed by atoms with E-state index in [0.29, 0.717) is 19.5 Å². The van der Waals surface area contributed by atoms with E-state index in [9.17, 15) is 4.79 Å². The van der Waals surface area contributed by atoms with E-state index in [1.165, 1.54) is 49.0 Å². The number of benzene rings is 2. The lowest BCUT2D eigenvalue weighted by atomic mass is 9.90. The number of rotatable bonds is 7. The van der Waals surface area contributed by atoms with Crippen molar-refractivity contribution >= 4 is 41.5 Å². The van der Waals surface area contributed by atoms with Gasteiger partial charge < -0.3 is 16.0 Å². The van der Waals surface area contributed by atoms with Gasteiger partial charge in [-0.1, -0.05) is 48.9 Å². The molecule has 33 heavy (non-hydrogen) atoms. The smallest absolute Gasteiger partial charge is 0.225 e. The highest BCUT2D eigenvalue weighted by molar-refractivity contribution is 14.0. The molecule has 6 nitrogen and oxygen atoms in total. The monoisotopic (exact) mass is 561 g/mol. The van der Waals surface area contributed by atoms with Crippen molar-refractivity contribution in [3.63, 3.8) is 0 Å². The lowest BCUT2D eigenvalue weighted by molar-refractivity contribution is -0.116. The first-order valence-electron chi connectivity index (χ1n) is 11.9. The number of nitrogens with zero attached hydrogens (tertiary/aromatic N) is 2. The third kappa shape index (κ3) is 7.17. The molecule has 2 aliphatic rings. The minimum atomic E-state index is 0. The van der Waals surface area contributed by atoms with Gasteiger partial charge in [-0.15, -0.1) is 24.0 Å². The maximum Gasteiger partial charge on any atom is 0.225 e. The highest BCUT2D eigenvalue weighted by Gasteiger charge is 2.24. The molecule has 3 N–H and O–H groups in total. The molecule has 0 aliphatic carbocycles. The van der Waals surface area contributed by atoms with Gasteiger partial charge in [0.05, 0.1) is 6.54 Å². The first kappa shape index (κ1) is 25.5. The number of fused-ring (bicyclic) bond motifs is 1. The van der Waals surface area contributed by atoms with Crippen LogP contribution in [0.3, 0.4) is 0 Å². The number of nitrogens with one attached hydrogen (secondary N) is 3. The second kappa shape index (κ2) is 12.9. The molecule has 4 rings (SSSR count). The van der Waals surface area contributed by atoms with Crippen LogP contribution in [0.2, 0.25) is 0 Å². The number of halogens is 1. The van der Waals surface area contributed by atoms with E-state index in [4.69, 9.17) is 4.99 Å². The molecule has 0 aromatic heterocycles. The normalized spacial score (nSPS) is 18.6. The first-order chi connectivity index (χ1) is 15.7. The van der Waals surface area contributed by atoms with E-state index < -0.39 is 0 Å². The maximum absolute atomic E-state index is 12.1. The summed E-state index contributed by atoms with van der Waals surface area (Å²) in [4.78, 5) is 19.6. The predicted molar refractivity (Wildman–Crippen MR) is 146 cm³/mol. The summed E-state index contributed by atoms with van der Waals surface area (Å²) in [6, 6.07) is 16.7. The molecule has 1 fully saturated rings. The summed E-state index contributed by atoms with van der Waals surface area (Å²) in [6.45, 7) is 7.57. The molecular weight excluding hydrogens is 525 g/mol. The number of para-hydroxylation sites is 1. The van der Waals surface area contributed by atoms with Gasteiger partial charge in [0, 0.05) is 37.7 Å². The van der Waals surface area contributed by atoms with Crippen LogP contribution in [0.1, 0.15) is 55.2 Å². The Kier molecular flexibility index (Phi) is 9.99. The average Bonchev–Trinajstić information content (AvgIpc) is 2.82. The van der Waals surface area contributed by atoms with Gasteiger partial charge in [-0.3, -0.25) is 9.69 Å². The molecule has 1 atom stereocenters. The number of likely N-dealkylation sites (tertiary alicyclic amines) is 1. The van der Waals surface area contributed by atoms with Crippen LogP contribution in [-0.4, -0.2) is 42.9 Å². The lowest BCUT2D eigenvalue weighted by Gasteiger charge is -2.27. The van der Waals surface area contributed by atoms with E-state index in [0.717, 1.165) is 24.7 Å². The van der Waals surface area contributed by atoms with Gasteiger partial charge in [0.2, 0.25) is 5.91 Å². The number of hydrogen-bond acceptors (Lipinski definition) is 3. The average molecular weight is 562 g/mol. The quantitative estimate of drug-likeness (QED) is 0.265. The molecule has 0 bridgehead atoms. The van der Waals surface area contributed by atoms with Crippen LogP contribution in [0.4, 0.5) is 5.69 Å². The molecule has 1 unspecified atom stereocenters. The Morgan fingerprint density at radius 2 is 1.76 bits per heavy atom. The van der Waals surface area contributed by atoms with Crippen molar-refractivity contribution in [2.45, 2.75) is 51.6 Å². The minimum absolute atomic E-state index is 0. The van der Waals surface area contributed by atoms with Crippen molar-refractivity contribution in [3.05, 3.63) is 65.2 Å². The second-order valence-corrected chi connectivity index (χ2v) is 8.72. The number of carbonyl (C=O) groups is 1. The van der Waals surface area contributed by atoms with Gasteiger partial charge >= 0.3 is 0 Å². The van der Waals surface area contributed by atoms with E-state index >= 15 is 0 Å². The standard InChI is InChI=1S/C26H35N5O.HI/c1-2-27-26(29-18-22-16-25(32)30-24-13-7-6-12-23(22)24)28-17-20-10-4-5-11-21(20)19-31-14-8-3-9-15-31;/h4-7,10-13,22H,2-3,8-9,14-19H2,1H3,(H,30,32)(H2,27,28,29);1H. The van der Waals surface area contributed by atoms with Gasteiger partial charge in [-0.25, -0.2) is 4.99 Å². The number of amides is 1. The largest absolute Gasteiger partial charge is 0.357 e. The molecule has 2 heterocycles. The lowest BCUT2D eigenvalue weighted by Crippen LogP contribution is -2.40. The van der Waals surface area contributed by atoms with Crippen LogP contribution in [-0.2, 0) is 17.9 Å². The summed E-state index contributed by atoms with van der Waals surface area (Å²) in [6.07, 6.45) is 4.45. The van der Waals surface area contributed by atoms with E-state index in [1.807, 2.05) is 18.2 Å². The Labute approximate surface area is 214 Å². The van der Waals surface area contributed by atoms with Crippen molar-refractivity contribution in [1.82, 2.24) is 15.5 Å². The summed E-state index contributed by atoms with van der Waals surface area (Å²) >= 11 is 0. The van der Waals surface area contributed by atoms with Crippen molar-refractivity contribution in [2.24, 2.45) is 4.99 Å². The number of anilines is 1. The molecule has 7 heteroatoms. The van der Waals surface area contributed by atoms with Crippen molar-refractivity contribution < 1.29 is 4.79 Å². The summed E-state index contributed by atoms with van der Waals surface area (Å²) in [7, 11) is 0. The maximum atomic E-state index is 12.1. The molecule has 2 aromatic rings. The zero-order valence-corrected chi connectivity index (χ0v) is 21.8. The molecule has 0 saturated carbocycles. The van der Waals surface area contributed by atoms with Crippen LogP contribution in [0.15, 0.2) is 53.5 Å². The highest BCUT2D eigenvalue weighted by Crippen LogP contribution is 2.31. The Hall–Kier alpha value is -2.13. The molecule has 0 radical (unpaired) electrons. The van der Waals surface area contributed by atoms with Crippen LogP contribution < -0.4 is 16.0 Å². The molecule has 2 aliphatic heterocycles. The first-order valence-corrected chi connectivity index (χ1v) is 11.9. The van der Waals surface area contributed by atoms with Crippen LogP contribution in [0.25, 0.3) is 0 Å². The summed E-state index contributed by atoms with van der Waals surface area (Å²) in [5.41, 5.74) is 4.75. The Morgan fingerprint density at radius 3 is 2.55 bits per heavy atom. The fraction of sp³-hybridized carbons (Fsp3) is 0.462. The number of hydrogen-bond donors (Lipinski definition) is 3. The van der Waals surface area contributed by atoms with Crippen LogP contribution >= 0.6 is 24.0 Å². The van der Waals surface area contributed by atoms with Gasteiger partial charge in [0.15, 0.2) is 5.96 Å². The van der Waals surface area contributed by atoms with Gasteiger partial charge in [0.25, 0.3) is 0 Å². The van der Waals surface area contributed by atoms with E-state index in [1.54, 1.807) is 0 Å². The van der Waals surface area contributed by atoms with Crippen molar-refractivity contribution in [3.8, 4) is 0 Å².